The van der Waals surface area contributed by atoms with E-state index in [1.807, 2.05) is 67.6 Å². The van der Waals surface area contributed by atoms with Crippen LogP contribution in [0.3, 0.4) is 0 Å². The van der Waals surface area contributed by atoms with E-state index in [2.05, 4.69) is 41.7 Å². The molecule has 3 aromatic carbocycles. The lowest BCUT2D eigenvalue weighted by Crippen LogP contribution is -2.12. The Balaban J connectivity index is 1.41. The SMILES string of the molecule is COc1cccc(-c2nnc(Nc3cc(NC(=O)c4cccc(Br)c4)ccc3C)s2)c1-c1ccncc1. The number of nitrogens with one attached hydrogen (secondary N) is 2. The number of nitrogens with zero attached hydrogens (tertiary/aromatic N) is 3. The number of benzene rings is 3. The number of aromatic nitrogens is 3. The molecular formula is C28H22BrN5O2S. The number of anilines is 3. The van der Waals surface area contributed by atoms with Crippen molar-refractivity contribution in [1.29, 1.82) is 0 Å². The highest BCUT2D eigenvalue weighted by molar-refractivity contribution is 9.10. The third-order valence-electron chi connectivity index (χ3n) is 5.69. The van der Waals surface area contributed by atoms with Gasteiger partial charge < -0.3 is 15.4 Å². The first-order valence-electron chi connectivity index (χ1n) is 11.4. The van der Waals surface area contributed by atoms with E-state index in [0.717, 1.165) is 43.2 Å². The minimum Gasteiger partial charge on any atom is -0.496 e. The first-order chi connectivity index (χ1) is 18.0. The van der Waals surface area contributed by atoms with Crippen LogP contribution in [0.2, 0.25) is 0 Å². The Kier molecular flexibility index (Phi) is 7.25. The standard InChI is InChI=1S/C28H22BrN5O2S/c1-17-9-10-21(31-26(35)19-5-3-6-20(29)15-19)16-23(17)32-28-34-33-27(37-28)22-7-4-8-24(36-2)25(22)18-11-13-30-14-12-18/h3-16H,1-2H3,(H,31,35)(H,32,34). The molecular weight excluding hydrogens is 550 g/mol. The summed E-state index contributed by atoms with van der Waals surface area (Å²) >= 11 is 4.85. The van der Waals surface area contributed by atoms with Crippen molar-refractivity contribution >= 4 is 49.7 Å². The van der Waals surface area contributed by atoms with Crippen molar-refractivity contribution in [3.05, 3.63) is 101 Å². The second kappa shape index (κ2) is 10.9. The summed E-state index contributed by atoms with van der Waals surface area (Å²) in [5, 5.41) is 16.5. The van der Waals surface area contributed by atoms with Gasteiger partial charge in [0.15, 0.2) is 0 Å². The van der Waals surface area contributed by atoms with Crippen molar-refractivity contribution in [3.63, 3.8) is 0 Å². The Bertz CT molecular complexity index is 1570. The number of methoxy groups -OCH3 is 1. The molecule has 2 N–H and O–H groups in total. The fraction of sp³-hybridized carbons (Fsp3) is 0.0714. The van der Waals surface area contributed by atoms with Gasteiger partial charge in [0.2, 0.25) is 5.13 Å². The van der Waals surface area contributed by atoms with Crippen LogP contribution in [0.1, 0.15) is 15.9 Å². The van der Waals surface area contributed by atoms with E-state index in [4.69, 9.17) is 4.74 Å². The fourth-order valence-corrected chi connectivity index (χ4v) is 5.05. The maximum Gasteiger partial charge on any atom is 0.255 e. The molecule has 5 rings (SSSR count). The molecule has 184 valence electrons. The van der Waals surface area contributed by atoms with Gasteiger partial charge in [-0.05, 0) is 66.6 Å². The molecule has 0 saturated heterocycles. The minimum atomic E-state index is -0.184. The summed E-state index contributed by atoms with van der Waals surface area (Å²) in [6, 6.07) is 22.7. The van der Waals surface area contributed by atoms with Gasteiger partial charge in [-0.25, -0.2) is 0 Å². The van der Waals surface area contributed by atoms with Gasteiger partial charge in [-0.1, -0.05) is 51.5 Å². The van der Waals surface area contributed by atoms with E-state index in [9.17, 15) is 4.79 Å². The predicted molar refractivity (Wildman–Crippen MR) is 152 cm³/mol. The first kappa shape index (κ1) is 24.6. The summed E-state index contributed by atoms with van der Waals surface area (Å²) in [6.07, 6.45) is 3.51. The van der Waals surface area contributed by atoms with E-state index in [0.29, 0.717) is 16.4 Å². The molecule has 5 aromatic rings. The van der Waals surface area contributed by atoms with Crippen molar-refractivity contribution < 1.29 is 9.53 Å². The Morgan fingerprint density at radius 1 is 0.973 bits per heavy atom. The highest BCUT2D eigenvalue weighted by atomic mass is 79.9. The number of pyridine rings is 1. The van der Waals surface area contributed by atoms with Crippen molar-refractivity contribution in [1.82, 2.24) is 15.2 Å². The van der Waals surface area contributed by atoms with Crippen LogP contribution in [0, 0.1) is 6.92 Å². The van der Waals surface area contributed by atoms with Crippen LogP contribution in [0.4, 0.5) is 16.5 Å². The Labute approximate surface area is 226 Å². The maximum absolute atomic E-state index is 12.7. The van der Waals surface area contributed by atoms with Crippen LogP contribution in [-0.2, 0) is 0 Å². The minimum absolute atomic E-state index is 0.184. The lowest BCUT2D eigenvalue weighted by atomic mass is 10.00. The topological polar surface area (TPSA) is 89.0 Å². The second-order valence-electron chi connectivity index (χ2n) is 8.15. The normalized spacial score (nSPS) is 10.7. The van der Waals surface area contributed by atoms with E-state index in [-0.39, 0.29) is 5.91 Å². The Morgan fingerprint density at radius 3 is 2.57 bits per heavy atom. The van der Waals surface area contributed by atoms with Gasteiger partial charge in [-0.2, -0.15) is 0 Å². The van der Waals surface area contributed by atoms with Gasteiger partial charge in [0.1, 0.15) is 10.8 Å². The average molecular weight is 572 g/mol. The number of halogens is 1. The zero-order valence-corrected chi connectivity index (χ0v) is 22.4. The van der Waals surface area contributed by atoms with Crippen molar-refractivity contribution in [2.75, 3.05) is 17.7 Å². The van der Waals surface area contributed by atoms with E-state index >= 15 is 0 Å². The molecule has 0 spiro atoms. The van der Waals surface area contributed by atoms with Gasteiger partial charge in [-0.15, -0.1) is 10.2 Å². The molecule has 0 bridgehead atoms. The van der Waals surface area contributed by atoms with E-state index in [1.54, 1.807) is 31.6 Å². The van der Waals surface area contributed by atoms with E-state index in [1.165, 1.54) is 11.3 Å². The van der Waals surface area contributed by atoms with Crippen LogP contribution in [-0.4, -0.2) is 28.2 Å². The zero-order valence-electron chi connectivity index (χ0n) is 20.0. The molecule has 7 nitrogen and oxygen atoms in total. The Hall–Kier alpha value is -4.08. The van der Waals surface area contributed by atoms with Crippen molar-refractivity contribution in [2.24, 2.45) is 0 Å². The summed E-state index contributed by atoms with van der Waals surface area (Å²) in [6.45, 7) is 1.99. The zero-order chi connectivity index (χ0) is 25.8. The highest BCUT2D eigenvalue weighted by Gasteiger charge is 2.17. The molecule has 1 amide bonds. The summed E-state index contributed by atoms with van der Waals surface area (Å²) in [7, 11) is 1.65. The van der Waals surface area contributed by atoms with Gasteiger partial charge in [-0.3, -0.25) is 9.78 Å². The van der Waals surface area contributed by atoms with Crippen LogP contribution < -0.4 is 15.4 Å². The van der Waals surface area contributed by atoms with Gasteiger partial charge in [0.05, 0.1) is 7.11 Å². The molecule has 0 aliphatic heterocycles. The summed E-state index contributed by atoms with van der Waals surface area (Å²) in [5.41, 5.74) is 5.92. The summed E-state index contributed by atoms with van der Waals surface area (Å²) < 4.78 is 6.50. The molecule has 9 heteroatoms. The van der Waals surface area contributed by atoms with Crippen LogP contribution in [0.15, 0.2) is 89.7 Å². The lowest BCUT2D eigenvalue weighted by molar-refractivity contribution is 0.102. The average Bonchev–Trinajstić information content (AvgIpc) is 3.39. The molecule has 0 fully saturated rings. The number of aryl methyl sites for hydroxylation is 1. The largest absolute Gasteiger partial charge is 0.496 e. The van der Waals surface area contributed by atoms with Crippen LogP contribution >= 0.6 is 27.3 Å². The highest BCUT2D eigenvalue weighted by Crippen LogP contribution is 2.41. The van der Waals surface area contributed by atoms with Crippen LogP contribution in [0.25, 0.3) is 21.7 Å². The molecule has 2 aromatic heterocycles. The molecule has 0 aliphatic rings. The summed E-state index contributed by atoms with van der Waals surface area (Å²) in [4.78, 5) is 16.8. The predicted octanol–water partition coefficient (Wildman–Crippen LogP) is 7.34. The van der Waals surface area contributed by atoms with Gasteiger partial charge in [0, 0.05) is 44.9 Å². The van der Waals surface area contributed by atoms with Gasteiger partial charge in [0.25, 0.3) is 5.91 Å². The maximum atomic E-state index is 12.7. The quantitative estimate of drug-likeness (QED) is 0.212. The third kappa shape index (κ3) is 5.52. The fourth-order valence-electron chi connectivity index (χ4n) is 3.86. The molecule has 0 saturated carbocycles. The number of carbonyl (C=O) groups excluding carboxylic acids is 1. The lowest BCUT2D eigenvalue weighted by Gasteiger charge is -2.12. The molecule has 0 unspecified atom stereocenters. The van der Waals surface area contributed by atoms with Gasteiger partial charge >= 0.3 is 0 Å². The summed E-state index contributed by atoms with van der Waals surface area (Å²) in [5.74, 6) is 0.564. The van der Waals surface area contributed by atoms with Crippen molar-refractivity contribution in [3.8, 4) is 27.4 Å². The second-order valence-corrected chi connectivity index (χ2v) is 10.0. The number of ether oxygens (including phenoxy) is 1. The number of hydrogen-bond donors (Lipinski definition) is 2. The molecule has 2 heterocycles. The number of amides is 1. The first-order valence-corrected chi connectivity index (χ1v) is 13.0. The monoisotopic (exact) mass is 571 g/mol. The number of carbonyl (C=O) groups is 1. The number of rotatable bonds is 7. The number of hydrogen-bond acceptors (Lipinski definition) is 7. The van der Waals surface area contributed by atoms with Crippen molar-refractivity contribution in [2.45, 2.75) is 6.92 Å². The molecule has 0 aliphatic carbocycles. The van der Waals surface area contributed by atoms with Crippen LogP contribution in [0.5, 0.6) is 5.75 Å². The third-order valence-corrected chi connectivity index (χ3v) is 7.06. The Morgan fingerprint density at radius 2 is 1.78 bits per heavy atom. The molecule has 0 radical (unpaired) electrons. The molecule has 0 atom stereocenters. The molecule has 37 heavy (non-hydrogen) atoms. The van der Waals surface area contributed by atoms with E-state index < -0.39 is 0 Å². The smallest absolute Gasteiger partial charge is 0.255 e.